The van der Waals surface area contributed by atoms with Crippen molar-refractivity contribution in [1.82, 2.24) is 14.9 Å². The van der Waals surface area contributed by atoms with E-state index >= 15 is 0 Å². The van der Waals surface area contributed by atoms with E-state index < -0.39 is 17.5 Å². The summed E-state index contributed by atoms with van der Waals surface area (Å²) in [5.41, 5.74) is 0.571. The van der Waals surface area contributed by atoms with Gasteiger partial charge < -0.3 is 10.4 Å². The van der Waals surface area contributed by atoms with Crippen LogP contribution >= 0.6 is 0 Å². The molecule has 0 aliphatic rings. The van der Waals surface area contributed by atoms with Gasteiger partial charge in [-0.3, -0.25) is 9.36 Å². The van der Waals surface area contributed by atoms with Gasteiger partial charge >= 0.3 is 6.09 Å². The Balaban J connectivity index is 2.18. The van der Waals surface area contributed by atoms with E-state index in [0.29, 0.717) is 17.0 Å². The number of benzene rings is 2. The van der Waals surface area contributed by atoms with Crippen molar-refractivity contribution in [3.05, 3.63) is 70.5 Å². The van der Waals surface area contributed by atoms with Crippen molar-refractivity contribution in [2.75, 3.05) is 6.54 Å². The molecule has 0 aliphatic carbocycles. The third-order valence-electron chi connectivity index (χ3n) is 3.54. The molecular weight excluding hydrogens is 313 g/mol. The lowest BCUT2D eigenvalue weighted by Crippen LogP contribution is -2.28. The predicted molar refractivity (Wildman–Crippen MR) is 87.0 cm³/mol. The lowest BCUT2D eigenvalue weighted by Gasteiger charge is -2.13. The van der Waals surface area contributed by atoms with Gasteiger partial charge in [0, 0.05) is 13.0 Å². The SMILES string of the molecule is O=C(O)NCCc1nc2ccc(F)cc2c(=O)n1-c1ccccc1. The number of carboxylic acid groups (broad SMARTS) is 1. The van der Waals surface area contributed by atoms with E-state index in [9.17, 15) is 14.0 Å². The van der Waals surface area contributed by atoms with Crippen LogP contribution in [0.3, 0.4) is 0 Å². The molecule has 0 unspecified atom stereocenters. The number of hydrogen-bond acceptors (Lipinski definition) is 3. The molecule has 2 aromatic carbocycles. The highest BCUT2D eigenvalue weighted by Crippen LogP contribution is 2.14. The molecule has 122 valence electrons. The van der Waals surface area contributed by atoms with Crippen LogP contribution in [-0.2, 0) is 6.42 Å². The van der Waals surface area contributed by atoms with Crippen molar-refractivity contribution >= 4 is 17.0 Å². The summed E-state index contributed by atoms with van der Waals surface area (Å²) in [7, 11) is 0. The molecule has 0 spiro atoms. The maximum absolute atomic E-state index is 13.5. The number of rotatable bonds is 4. The largest absolute Gasteiger partial charge is 0.465 e. The minimum atomic E-state index is -1.15. The molecule has 0 radical (unpaired) electrons. The molecule has 0 bridgehead atoms. The maximum atomic E-state index is 13.5. The van der Waals surface area contributed by atoms with Gasteiger partial charge in [0.25, 0.3) is 5.56 Å². The summed E-state index contributed by atoms with van der Waals surface area (Å²) in [5, 5.41) is 11.1. The van der Waals surface area contributed by atoms with Crippen LogP contribution in [0.25, 0.3) is 16.6 Å². The Morgan fingerprint density at radius 2 is 1.96 bits per heavy atom. The first-order valence-corrected chi connectivity index (χ1v) is 7.29. The first-order valence-electron chi connectivity index (χ1n) is 7.29. The fraction of sp³-hybridized carbons (Fsp3) is 0.118. The van der Waals surface area contributed by atoms with Crippen LogP contribution in [0.5, 0.6) is 0 Å². The summed E-state index contributed by atoms with van der Waals surface area (Å²) < 4.78 is 14.9. The van der Waals surface area contributed by atoms with Gasteiger partial charge in [-0.2, -0.15) is 0 Å². The predicted octanol–water partition coefficient (Wildman–Crippen LogP) is 2.33. The number of hydrogen-bond donors (Lipinski definition) is 2. The van der Waals surface area contributed by atoms with Gasteiger partial charge in [0.15, 0.2) is 0 Å². The van der Waals surface area contributed by atoms with E-state index in [2.05, 4.69) is 10.3 Å². The molecule has 0 saturated carbocycles. The zero-order valence-electron chi connectivity index (χ0n) is 12.6. The third kappa shape index (κ3) is 3.10. The van der Waals surface area contributed by atoms with Crippen molar-refractivity contribution in [1.29, 1.82) is 0 Å². The minimum absolute atomic E-state index is 0.112. The van der Waals surface area contributed by atoms with Crippen molar-refractivity contribution < 1.29 is 14.3 Å². The first-order chi connectivity index (χ1) is 11.6. The molecule has 0 saturated heterocycles. The van der Waals surface area contributed by atoms with E-state index in [1.807, 2.05) is 6.07 Å². The van der Waals surface area contributed by atoms with Gasteiger partial charge in [0.05, 0.1) is 16.6 Å². The molecule has 1 heterocycles. The molecule has 7 heteroatoms. The molecule has 0 aliphatic heterocycles. The number of aromatic nitrogens is 2. The summed E-state index contributed by atoms with van der Waals surface area (Å²) >= 11 is 0. The quantitative estimate of drug-likeness (QED) is 0.770. The molecule has 3 aromatic rings. The van der Waals surface area contributed by atoms with Crippen molar-refractivity contribution in [3.63, 3.8) is 0 Å². The van der Waals surface area contributed by atoms with E-state index in [1.165, 1.54) is 16.7 Å². The average Bonchev–Trinajstić information content (AvgIpc) is 2.56. The van der Waals surface area contributed by atoms with Crippen LogP contribution in [0.2, 0.25) is 0 Å². The molecule has 0 atom stereocenters. The Morgan fingerprint density at radius 1 is 1.21 bits per heavy atom. The second-order valence-corrected chi connectivity index (χ2v) is 5.15. The Labute approximate surface area is 136 Å². The first kappa shape index (κ1) is 15.7. The lowest BCUT2D eigenvalue weighted by atomic mass is 10.2. The summed E-state index contributed by atoms with van der Waals surface area (Å²) in [6.45, 7) is 0.112. The molecule has 3 rings (SSSR count). The van der Waals surface area contributed by atoms with Gasteiger partial charge in [-0.25, -0.2) is 14.2 Å². The summed E-state index contributed by atoms with van der Waals surface area (Å²) in [5.74, 6) is -0.111. The van der Waals surface area contributed by atoms with Crippen LogP contribution in [0, 0.1) is 5.82 Å². The fourth-order valence-corrected chi connectivity index (χ4v) is 2.50. The minimum Gasteiger partial charge on any atom is -0.465 e. The summed E-state index contributed by atoms with van der Waals surface area (Å²) in [6.07, 6.45) is -0.921. The molecule has 0 fully saturated rings. The normalized spacial score (nSPS) is 10.7. The Bertz CT molecular complexity index is 954. The number of fused-ring (bicyclic) bond motifs is 1. The van der Waals surface area contributed by atoms with Crippen molar-refractivity contribution in [2.24, 2.45) is 0 Å². The van der Waals surface area contributed by atoms with Crippen LogP contribution in [0.1, 0.15) is 5.82 Å². The number of halogens is 1. The monoisotopic (exact) mass is 327 g/mol. The average molecular weight is 327 g/mol. The van der Waals surface area contributed by atoms with Gasteiger partial charge in [0.2, 0.25) is 0 Å². The van der Waals surface area contributed by atoms with Crippen molar-refractivity contribution in [3.8, 4) is 5.69 Å². The Morgan fingerprint density at radius 3 is 2.67 bits per heavy atom. The fourth-order valence-electron chi connectivity index (χ4n) is 2.50. The number of nitrogens with one attached hydrogen (secondary N) is 1. The van der Waals surface area contributed by atoms with Gasteiger partial charge in [0.1, 0.15) is 11.6 Å². The highest BCUT2D eigenvalue weighted by Gasteiger charge is 2.13. The molecule has 1 aromatic heterocycles. The van der Waals surface area contributed by atoms with Crippen molar-refractivity contribution in [2.45, 2.75) is 6.42 Å². The number of amides is 1. The number of carbonyl (C=O) groups is 1. The zero-order valence-corrected chi connectivity index (χ0v) is 12.6. The van der Waals surface area contributed by atoms with Crippen LogP contribution in [0.4, 0.5) is 9.18 Å². The van der Waals surface area contributed by atoms with Gasteiger partial charge in [-0.05, 0) is 30.3 Å². The maximum Gasteiger partial charge on any atom is 0.404 e. The number of para-hydroxylation sites is 1. The topological polar surface area (TPSA) is 84.2 Å². The van der Waals surface area contributed by atoms with E-state index in [4.69, 9.17) is 5.11 Å². The highest BCUT2D eigenvalue weighted by molar-refractivity contribution is 5.78. The molecule has 24 heavy (non-hydrogen) atoms. The van der Waals surface area contributed by atoms with Crippen LogP contribution < -0.4 is 10.9 Å². The summed E-state index contributed by atoms with van der Waals surface area (Å²) in [6, 6.07) is 12.7. The molecule has 6 nitrogen and oxygen atoms in total. The molecule has 2 N–H and O–H groups in total. The second-order valence-electron chi connectivity index (χ2n) is 5.15. The van der Waals surface area contributed by atoms with Gasteiger partial charge in [-0.15, -0.1) is 0 Å². The Kier molecular flexibility index (Phi) is 4.24. The third-order valence-corrected chi connectivity index (χ3v) is 3.54. The van der Waals surface area contributed by atoms with Crippen LogP contribution in [-0.4, -0.2) is 27.3 Å². The summed E-state index contributed by atoms with van der Waals surface area (Å²) in [4.78, 5) is 27.9. The second kappa shape index (κ2) is 6.49. The molecular formula is C17H14FN3O3. The Hall–Kier alpha value is -3.22. The number of nitrogens with zero attached hydrogens (tertiary/aromatic N) is 2. The zero-order chi connectivity index (χ0) is 17.1. The van der Waals surface area contributed by atoms with Gasteiger partial charge in [-0.1, -0.05) is 18.2 Å². The van der Waals surface area contributed by atoms with E-state index in [0.717, 1.165) is 6.07 Å². The lowest BCUT2D eigenvalue weighted by molar-refractivity contribution is 0.194. The highest BCUT2D eigenvalue weighted by atomic mass is 19.1. The van der Waals surface area contributed by atoms with E-state index in [-0.39, 0.29) is 18.4 Å². The van der Waals surface area contributed by atoms with E-state index in [1.54, 1.807) is 24.3 Å². The smallest absolute Gasteiger partial charge is 0.404 e. The standard InChI is InChI=1S/C17H14FN3O3/c18-11-6-7-14-13(10-11)16(22)21(12-4-2-1-3-5-12)15(20-14)8-9-19-17(23)24/h1-7,10,19H,8-9H2,(H,23,24). The van der Waals surface area contributed by atoms with Crippen LogP contribution in [0.15, 0.2) is 53.3 Å². The molecule has 1 amide bonds.